The van der Waals surface area contributed by atoms with Crippen LogP contribution in [-0.2, 0) is 0 Å². The number of para-hydroxylation sites is 2. The summed E-state index contributed by atoms with van der Waals surface area (Å²) >= 11 is 0. The Kier molecular flexibility index (Phi) is 4.30. The molecule has 0 atom stereocenters. The maximum Gasteiger partial charge on any atom is 0.181 e. The van der Waals surface area contributed by atoms with Crippen LogP contribution >= 0.6 is 0 Å². The molecule has 3 nitrogen and oxygen atoms in total. The van der Waals surface area contributed by atoms with Gasteiger partial charge in [0.25, 0.3) is 0 Å². The summed E-state index contributed by atoms with van der Waals surface area (Å²) < 4.78 is 31.0. The Balaban J connectivity index is 2.06. The first-order valence-electron chi connectivity index (χ1n) is 5.97. The van der Waals surface area contributed by atoms with E-state index in [0.29, 0.717) is 11.4 Å². The third kappa shape index (κ3) is 3.12. The van der Waals surface area contributed by atoms with E-state index in [1.165, 1.54) is 13.2 Å². The third-order valence-electron chi connectivity index (χ3n) is 2.79. The van der Waals surface area contributed by atoms with Gasteiger partial charge in [0.2, 0.25) is 0 Å². The number of methoxy groups -OCH3 is 1. The molecule has 2 aromatic rings. The topological polar surface area (TPSA) is 38.3 Å². The van der Waals surface area contributed by atoms with Crippen molar-refractivity contribution < 1.29 is 18.3 Å². The van der Waals surface area contributed by atoms with E-state index in [0.717, 1.165) is 12.1 Å². The quantitative estimate of drug-likeness (QED) is 0.852. The average molecular weight is 277 g/mol. The third-order valence-corrected chi connectivity index (χ3v) is 2.79. The molecule has 0 amide bonds. The van der Waals surface area contributed by atoms with Crippen molar-refractivity contribution in [2.75, 3.05) is 19.0 Å². The van der Waals surface area contributed by atoms with Crippen molar-refractivity contribution in [2.45, 2.75) is 0 Å². The molecule has 5 heteroatoms. The number of hydrogen-bond acceptors (Lipinski definition) is 3. The molecule has 0 aliphatic carbocycles. The van der Waals surface area contributed by atoms with Crippen LogP contribution in [0.25, 0.3) is 0 Å². The number of rotatable bonds is 5. The fourth-order valence-electron chi connectivity index (χ4n) is 1.74. The zero-order valence-corrected chi connectivity index (χ0v) is 10.8. The van der Waals surface area contributed by atoms with Crippen LogP contribution in [0.5, 0.6) is 5.75 Å². The molecule has 0 saturated heterocycles. The van der Waals surface area contributed by atoms with Crippen LogP contribution in [-0.4, -0.2) is 19.4 Å². The normalized spacial score (nSPS) is 10.2. The van der Waals surface area contributed by atoms with Crippen molar-refractivity contribution in [1.29, 1.82) is 0 Å². The monoisotopic (exact) mass is 277 g/mol. The first kappa shape index (κ1) is 14.0. The Bertz CT molecular complexity index is 629. The molecule has 0 fully saturated rings. The van der Waals surface area contributed by atoms with Gasteiger partial charge in [-0.05, 0) is 30.3 Å². The summed E-state index contributed by atoms with van der Waals surface area (Å²) in [7, 11) is 1.53. The largest absolute Gasteiger partial charge is 0.495 e. The van der Waals surface area contributed by atoms with Crippen molar-refractivity contribution >= 4 is 11.5 Å². The van der Waals surface area contributed by atoms with E-state index in [2.05, 4.69) is 5.32 Å². The Morgan fingerprint density at radius 3 is 2.60 bits per heavy atom. The lowest BCUT2D eigenvalue weighted by molar-refractivity contribution is 0.101. The van der Waals surface area contributed by atoms with Crippen molar-refractivity contribution in [1.82, 2.24) is 0 Å². The van der Waals surface area contributed by atoms with Gasteiger partial charge in [0.15, 0.2) is 17.4 Å². The highest BCUT2D eigenvalue weighted by atomic mass is 19.2. The molecular weight excluding hydrogens is 264 g/mol. The first-order valence-corrected chi connectivity index (χ1v) is 5.97. The van der Waals surface area contributed by atoms with Crippen LogP contribution in [0.1, 0.15) is 10.4 Å². The van der Waals surface area contributed by atoms with Gasteiger partial charge >= 0.3 is 0 Å². The summed E-state index contributed by atoms with van der Waals surface area (Å²) in [5, 5.41) is 2.91. The Morgan fingerprint density at radius 2 is 1.90 bits per heavy atom. The van der Waals surface area contributed by atoms with E-state index in [1.807, 2.05) is 0 Å². The van der Waals surface area contributed by atoms with E-state index in [1.54, 1.807) is 24.3 Å². The van der Waals surface area contributed by atoms with Crippen molar-refractivity contribution in [2.24, 2.45) is 0 Å². The molecule has 0 radical (unpaired) electrons. The van der Waals surface area contributed by atoms with Gasteiger partial charge in [-0.25, -0.2) is 8.78 Å². The van der Waals surface area contributed by atoms with Gasteiger partial charge in [0.1, 0.15) is 5.75 Å². The summed E-state index contributed by atoms with van der Waals surface area (Å²) in [4.78, 5) is 11.9. The van der Waals surface area contributed by atoms with Gasteiger partial charge < -0.3 is 10.1 Å². The highest BCUT2D eigenvalue weighted by Crippen LogP contribution is 2.22. The molecule has 104 valence electrons. The summed E-state index contributed by atoms with van der Waals surface area (Å²) in [6.45, 7) is -0.0363. The number of hydrogen-bond donors (Lipinski definition) is 1. The standard InChI is InChI=1S/C15H13F2NO2/c1-20-15-5-3-2-4-13(15)18-9-14(19)10-6-7-11(16)12(17)8-10/h2-8,18H,9H2,1H3. The second kappa shape index (κ2) is 6.14. The smallest absolute Gasteiger partial charge is 0.181 e. The number of benzene rings is 2. The summed E-state index contributed by atoms with van der Waals surface area (Å²) in [6.07, 6.45) is 0. The number of ether oxygens (including phenoxy) is 1. The fourth-order valence-corrected chi connectivity index (χ4v) is 1.74. The fraction of sp³-hybridized carbons (Fsp3) is 0.133. The Hall–Kier alpha value is -2.43. The number of carbonyl (C=O) groups is 1. The van der Waals surface area contributed by atoms with Gasteiger partial charge in [0, 0.05) is 5.56 Å². The molecule has 2 aromatic carbocycles. The molecule has 0 aromatic heterocycles. The van der Waals surface area contributed by atoms with Gasteiger partial charge in [-0.3, -0.25) is 4.79 Å². The minimum Gasteiger partial charge on any atom is -0.495 e. The molecule has 0 heterocycles. The predicted molar refractivity (Wildman–Crippen MR) is 72.2 cm³/mol. The molecule has 0 saturated carbocycles. The molecule has 0 aliphatic heterocycles. The van der Waals surface area contributed by atoms with Crippen molar-refractivity contribution in [3.63, 3.8) is 0 Å². The molecule has 20 heavy (non-hydrogen) atoms. The lowest BCUT2D eigenvalue weighted by Gasteiger charge is -2.10. The van der Waals surface area contributed by atoms with Gasteiger partial charge in [-0.1, -0.05) is 12.1 Å². The van der Waals surface area contributed by atoms with Gasteiger partial charge in [0.05, 0.1) is 19.3 Å². The van der Waals surface area contributed by atoms with E-state index < -0.39 is 11.6 Å². The Morgan fingerprint density at radius 1 is 1.15 bits per heavy atom. The zero-order valence-electron chi connectivity index (χ0n) is 10.8. The second-order valence-corrected chi connectivity index (χ2v) is 4.11. The molecule has 0 unspecified atom stereocenters. The molecule has 2 rings (SSSR count). The number of Topliss-reactive ketones (excluding diaryl/α,β-unsaturated/α-hetero) is 1. The minimum absolute atomic E-state index is 0.0363. The van der Waals surface area contributed by atoms with Crippen LogP contribution in [0.15, 0.2) is 42.5 Å². The SMILES string of the molecule is COc1ccccc1NCC(=O)c1ccc(F)c(F)c1. The first-order chi connectivity index (χ1) is 9.61. The van der Waals surface area contributed by atoms with Crippen LogP contribution in [0, 0.1) is 11.6 Å². The average Bonchev–Trinajstić information content (AvgIpc) is 2.47. The number of ketones is 1. The van der Waals surface area contributed by atoms with E-state index >= 15 is 0 Å². The number of halogens is 2. The number of nitrogens with one attached hydrogen (secondary N) is 1. The lowest BCUT2D eigenvalue weighted by atomic mass is 10.1. The summed E-state index contributed by atoms with van der Waals surface area (Å²) in [6, 6.07) is 10.2. The highest BCUT2D eigenvalue weighted by Gasteiger charge is 2.10. The minimum atomic E-state index is -1.03. The van der Waals surface area contributed by atoms with Crippen molar-refractivity contribution in [3.8, 4) is 5.75 Å². The molecule has 1 N–H and O–H groups in total. The molecular formula is C15H13F2NO2. The Labute approximate surface area is 115 Å². The van der Waals surface area contributed by atoms with Crippen LogP contribution in [0.4, 0.5) is 14.5 Å². The molecule has 0 aliphatic rings. The zero-order chi connectivity index (χ0) is 14.5. The number of carbonyl (C=O) groups excluding carboxylic acids is 1. The second-order valence-electron chi connectivity index (χ2n) is 4.11. The lowest BCUT2D eigenvalue weighted by Crippen LogP contribution is -2.14. The van der Waals surface area contributed by atoms with E-state index in [9.17, 15) is 13.6 Å². The number of anilines is 1. The van der Waals surface area contributed by atoms with Gasteiger partial charge in [-0.2, -0.15) is 0 Å². The summed E-state index contributed by atoms with van der Waals surface area (Å²) in [5.74, 6) is -1.74. The maximum absolute atomic E-state index is 13.1. The van der Waals surface area contributed by atoms with Crippen LogP contribution in [0.2, 0.25) is 0 Å². The van der Waals surface area contributed by atoms with E-state index in [4.69, 9.17) is 4.74 Å². The van der Waals surface area contributed by atoms with Crippen LogP contribution < -0.4 is 10.1 Å². The molecule has 0 spiro atoms. The highest BCUT2D eigenvalue weighted by molar-refractivity contribution is 5.99. The van der Waals surface area contributed by atoms with Crippen molar-refractivity contribution in [3.05, 3.63) is 59.7 Å². The predicted octanol–water partition coefficient (Wildman–Crippen LogP) is 3.27. The van der Waals surface area contributed by atoms with Gasteiger partial charge in [-0.15, -0.1) is 0 Å². The van der Waals surface area contributed by atoms with Crippen LogP contribution in [0.3, 0.4) is 0 Å². The summed E-state index contributed by atoms with van der Waals surface area (Å²) in [5.41, 5.74) is 0.775. The molecule has 0 bridgehead atoms. The maximum atomic E-state index is 13.1. The van der Waals surface area contributed by atoms with E-state index in [-0.39, 0.29) is 17.9 Å².